The Kier molecular flexibility index (Phi) is 5.50. The van der Waals surface area contributed by atoms with E-state index in [1.54, 1.807) is 37.6 Å². The highest BCUT2D eigenvalue weighted by Crippen LogP contribution is 2.29. The molecule has 3 aromatic heterocycles. The van der Waals surface area contributed by atoms with Crippen molar-refractivity contribution >= 4 is 11.7 Å². The van der Waals surface area contributed by atoms with Gasteiger partial charge in [0.05, 0.1) is 5.69 Å². The Balaban J connectivity index is 1.75. The number of nitrogen functional groups attached to an aromatic ring is 1. The fourth-order valence-electron chi connectivity index (χ4n) is 3.17. The minimum atomic E-state index is -0.780. The van der Waals surface area contributed by atoms with Gasteiger partial charge < -0.3 is 20.6 Å². The molecule has 0 saturated heterocycles. The van der Waals surface area contributed by atoms with Gasteiger partial charge in [-0.2, -0.15) is 0 Å². The molecule has 4 rings (SSSR count). The Bertz CT molecular complexity index is 1350. The molecule has 10 heteroatoms. The van der Waals surface area contributed by atoms with Gasteiger partial charge in [-0.3, -0.25) is 9.59 Å². The topological polar surface area (TPSA) is 119 Å². The fourth-order valence-corrected chi connectivity index (χ4v) is 3.17. The van der Waals surface area contributed by atoms with E-state index in [9.17, 15) is 18.4 Å². The maximum Gasteiger partial charge on any atom is 0.274 e. The molecule has 0 bridgehead atoms. The molecule has 1 amide bonds. The molecule has 0 aliphatic carbocycles. The smallest absolute Gasteiger partial charge is 0.274 e. The number of carbonyl (C=O) groups excluding carboxylic acids is 1. The normalized spacial score (nSPS) is 10.8. The summed E-state index contributed by atoms with van der Waals surface area (Å²) >= 11 is 0. The van der Waals surface area contributed by atoms with Crippen LogP contribution in [0.2, 0.25) is 0 Å². The van der Waals surface area contributed by atoms with E-state index in [0.717, 1.165) is 12.1 Å². The Morgan fingerprint density at radius 2 is 1.84 bits per heavy atom. The van der Waals surface area contributed by atoms with Gasteiger partial charge in [0.25, 0.3) is 5.91 Å². The summed E-state index contributed by atoms with van der Waals surface area (Å²) in [5.74, 6) is -2.47. The second-order valence-electron chi connectivity index (χ2n) is 6.99. The predicted molar refractivity (Wildman–Crippen MR) is 114 cm³/mol. The van der Waals surface area contributed by atoms with Gasteiger partial charge in [-0.1, -0.05) is 6.07 Å². The Hall–Kier alpha value is -4.34. The van der Waals surface area contributed by atoms with E-state index in [4.69, 9.17) is 5.73 Å². The molecule has 0 saturated carbocycles. The Morgan fingerprint density at radius 3 is 2.50 bits per heavy atom. The zero-order valence-electron chi connectivity index (χ0n) is 16.9. The zero-order chi connectivity index (χ0) is 22.8. The maximum atomic E-state index is 13.9. The molecule has 0 atom stereocenters. The molecule has 32 heavy (non-hydrogen) atoms. The van der Waals surface area contributed by atoms with Crippen molar-refractivity contribution in [2.24, 2.45) is 7.05 Å². The molecule has 0 aliphatic heterocycles. The number of H-pyrrole nitrogens is 1. The average molecular weight is 436 g/mol. The van der Waals surface area contributed by atoms with Crippen molar-refractivity contribution in [3.8, 4) is 22.6 Å². The lowest BCUT2D eigenvalue weighted by molar-refractivity contribution is 0.0946. The summed E-state index contributed by atoms with van der Waals surface area (Å²) in [5.41, 5.74) is 7.11. The van der Waals surface area contributed by atoms with E-state index < -0.39 is 24.1 Å². The molecule has 4 N–H and O–H groups in total. The van der Waals surface area contributed by atoms with Gasteiger partial charge in [0, 0.05) is 43.2 Å². The lowest BCUT2D eigenvalue weighted by Gasteiger charge is -2.13. The van der Waals surface area contributed by atoms with Crippen LogP contribution in [0.3, 0.4) is 0 Å². The van der Waals surface area contributed by atoms with Gasteiger partial charge >= 0.3 is 0 Å². The minimum Gasteiger partial charge on any atom is -0.382 e. The summed E-state index contributed by atoms with van der Waals surface area (Å²) in [4.78, 5) is 36.3. The summed E-state index contributed by atoms with van der Waals surface area (Å²) in [6.07, 6.45) is 3.26. The number of rotatable bonds is 5. The number of nitrogens with two attached hydrogens (primary N) is 1. The number of nitrogens with zero attached hydrogens (tertiary/aromatic N) is 3. The third-order valence-corrected chi connectivity index (χ3v) is 4.84. The van der Waals surface area contributed by atoms with E-state index in [1.165, 1.54) is 16.7 Å². The number of anilines is 1. The van der Waals surface area contributed by atoms with Crippen molar-refractivity contribution in [2.75, 3.05) is 5.73 Å². The monoisotopic (exact) mass is 436 g/mol. The number of aromatic nitrogens is 4. The molecule has 0 unspecified atom stereocenters. The van der Waals surface area contributed by atoms with Crippen LogP contribution in [0.4, 0.5) is 14.6 Å². The zero-order valence-corrected chi connectivity index (χ0v) is 16.9. The number of halogens is 2. The first-order valence-electron chi connectivity index (χ1n) is 9.54. The molecule has 0 spiro atoms. The molecule has 162 valence electrons. The van der Waals surface area contributed by atoms with Crippen LogP contribution in [0.25, 0.3) is 22.6 Å². The minimum absolute atomic E-state index is 0.158. The molecule has 3 heterocycles. The van der Waals surface area contributed by atoms with Gasteiger partial charge in [-0.05, 0) is 30.3 Å². The van der Waals surface area contributed by atoms with Gasteiger partial charge in [0.15, 0.2) is 11.5 Å². The summed E-state index contributed by atoms with van der Waals surface area (Å²) < 4.78 is 29.1. The van der Waals surface area contributed by atoms with Crippen molar-refractivity contribution in [1.82, 2.24) is 24.8 Å². The number of aryl methyl sites for hydroxylation is 1. The van der Waals surface area contributed by atoms with Crippen LogP contribution >= 0.6 is 0 Å². The largest absolute Gasteiger partial charge is 0.382 e. The van der Waals surface area contributed by atoms with Crippen molar-refractivity contribution in [2.45, 2.75) is 6.54 Å². The molecule has 0 fully saturated rings. The second kappa shape index (κ2) is 8.42. The number of hydrogen-bond donors (Lipinski definition) is 3. The molecule has 0 aliphatic rings. The Morgan fingerprint density at radius 1 is 1.09 bits per heavy atom. The first kappa shape index (κ1) is 20.9. The predicted octanol–water partition coefficient (Wildman–Crippen LogP) is 2.63. The Labute approximate surface area is 180 Å². The molecule has 1 aromatic carbocycles. The standard InChI is InChI=1S/C22H18F2N6O2/c1-30-11-12(7-8-17(30)31)18-19(16-6-3-9-26-16)29-21(25)20(28-18)22(32)27-10-13-14(23)4-2-5-15(13)24/h2-9,11,26H,10H2,1H3,(H2,25,29)(H,27,32). The van der Waals surface area contributed by atoms with Crippen LogP contribution in [-0.2, 0) is 13.6 Å². The summed E-state index contributed by atoms with van der Waals surface area (Å²) in [6.45, 7) is -0.397. The lowest BCUT2D eigenvalue weighted by Crippen LogP contribution is -2.27. The number of carbonyl (C=O) groups is 1. The van der Waals surface area contributed by atoms with E-state index in [-0.39, 0.29) is 22.6 Å². The van der Waals surface area contributed by atoms with Crippen molar-refractivity contribution in [3.05, 3.63) is 88.1 Å². The van der Waals surface area contributed by atoms with E-state index in [2.05, 4.69) is 20.3 Å². The first-order chi connectivity index (χ1) is 15.3. The highest BCUT2D eigenvalue weighted by molar-refractivity contribution is 5.97. The van der Waals surface area contributed by atoms with Crippen LogP contribution in [0, 0.1) is 11.6 Å². The van der Waals surface area contributed by atoms with Crippen molar-refractivity contribution < 1.29 is 13.6 Å². The maximum absolute atomic E-state index is 13.9. The van der Waals surface area contributed by atoms with Crippen LogP contribution < -0.4 is 16.6 Å². The molecule has 8 nitrogen and oxygen atoms in total. The van der Waals surface area contributed by atoms with E-state index >= 15 is 0 Å². The summed E-state index contributed by atoms with van der Waals surface area (Å²) in [7, 11) is 1.58. The highest BCUT2D eigenvalue weighted by atomic mass is 19.1. The lowest BCUT2D eigenvalue weighted by atomic mass is 10.1. The fraction of sp³-hybridized carbons (Fsp3) is 0.0909. The summed E-state index contributed by atoms with van der Waals surface area (Å²) in [6, 6.07) is 9.89. The van der Waals surface area contributed by atoms with E-state index in [0.29, 0.717) is 22.6 Å². The highest BCUT2D eigenvalue weighted by Gasteiger charge is 2.21. The van der Waals surface area contributed by atoms with Gasteiger partial charge in [0.1, 0.15) is 23.0 Å². The molecule has 0 radical (unpaired) electrons. The number of benzene rings is 1. The van der Waals surface area contributed by atoms with Gasteiger partial charge in [-0.15, -0.1) is 0 Å². The van der Waals surface area contributed by atoms with Crippen molar-refractivity contribution in [3.63, 3.8) is 0 Å². The number of aromatic amines is 1. The SMILES string of the molecule is Cn1cc(-c2nc(C(=O)NCc3c(F)cccc3F)c(N)nc2-c2ccc[nH]2)ccc1=O. The van der Waals surface area contributed by atoms with Gasteiger partial charge in [0.2, 0.25) is 5.56 Å². The van der Waals surface area contributed by atoms with Crippen molar-refractivity contribution in [1.29, 1.82) is 0 Å². The third-order valence-electron chi connectivity index (χ3n) is 4.84. The quantitative estimate of drug-likeness (QED) is 0.444. The van der Waals surface area contributed by atoms with E-state index in [1.807, 2.05) is 0 Å². The van der Waals surface area contributed by atoms with Gasteiger partial charge in [-0.25, -0.2) is 18.7 Å². The number of pyridine rings is 1. The number of hydrogen-bond acceptors (Lipinski definition) is 5. The average Bonchev–Trinajstić information content (AvgIpc) is 3.30. The second-order valence-corrected chi connectivity index (χ2v) is 6.99. The molecule has 4 aromatic rings. The molecular formula is C22H18F2N6O2. The van der Waals surface area contributed by atoms with Crippen LogP contribution in [0.15, 0.2) is 59.7 Å². The number of amides is 1. The van der Waals surface area contributed by atoms with Crippen LogP contribution in [0.5, 0.6) is 0 Å². The van der Waals surface area contributed by atoms with Crippen LogP contribution in [-0.4, -0.2) is 25.4 Å². The van der Waals surface area contributed by atoms with Crippen LogP contribution in [0.1, 0.15) is 16.1 Å². The third kappa shape index (κ3) is 3.97. The summed E-state index contributed by atoms with van der Waals surface area (Å²) in [5, 5.41) is 2.43. The number of nitrogens with one attached hydrogen (secondary N) is 2. The first-order valence-corrected chi connectivity index (χ1v) is 9.54. The molecular weight excluding hydrogens is 418 g/mol.